The first-order valence-electron chi connectivity index (χ1n) is 4.81. The number of hydrogen-bond donors (Lipinski definition) is 0. The molecule has 0 heteroatoms. The Bertz CT molecular complexity index is 198. The van der Waals surface area contributed by atoms with Crippen LogP contribution in [0, 0.1) is 5.41 Å². The number of hydrogen-bond acceptors (Lipinski definition) is 0. The Morgan fingerprint density at radius 3 is 2.83 bits per heavy atom. The summed E-state index contributed by atoms with van der Waals surface area (Å²) in [5.41, 5.74) is 0.269. The predicted molar refractivity (Wildman–Crippen MR) is 55.1 cm³/mol. The van der Waals surface area contributed by atoms with Crippen LogP contribution in [0.2, 0.25) is 0 Å². The molecule has 0 heterocycles. The van der Waals surface area contributed by atoms with Gasteiger partial charge in [0.1, 0.15) is 0 Å². The molecule has 1 atom stereocenters. The van der Waals surface area contributed by atoms with Crippen molar-refractivity contribution in [3.05, 3.63) is 37.0 Å². The second-order valence-electron chi connectivity index (χ2n) is 3.53. The van der Waals surface area contributed by atoms with Gasteiger partial charge in [-0.25, -0.2) is 0 Å². The highest BCUT2D eigenvalue weighted by molar-refractivity contribution is 5.21. The largest absolute Gasteiger partial charge is 0.102 e. The van der Waals surface area contributed by atoms with E-state index < -0.39 is 0 Å². The normalized spacial score (nSPS) is 27.4. The van der Waals surface area contributed by atoms with Gasteiger partial charge in [-0.1, -0.05) is 50.1 Å². The number of allylic oxidation sites excluding steroid dienone is 5. The lowest BCUT2D eigenvalue weighted by molar-refractivity contribution is 0.433. The Labute approximate surface area is 75.7 Å². The van der Waals surface area contributed by atoms with Gasteiger partial charge in [0.2, 0.25) is 0 Å². The molecule has 0 saturated carbocycles. The third-order valence-corrected chi connectivity index (χ3v) is 2.58. The molecule has 0 aliphatic heterocycles. The molecule has 66 valence electrons. The van der Waals surface area contributed by atoms with Crippen molar-refractivity contribution in [2.24, 2.45) is 5.41 Å². The molecular formula is C12H18. The topological polar surface area (TPSA) is 0 Å². The fourth-order valence-corrected chi connectivity index (χ4v) is 1.63. The van der Waals surface area contributed by atoms with E-state index in [1.54, 1.807) is 0 Å². The molecule has 0 amide bonds. The maximum Gasteiger partial charge on any atom is 0.00960 e. The van der Waals surface area contributed by atoms with Crippen molar-refractivity contribution in [3.63, 3.8) is 0 Å². The van der Waals surface area contributed by atoms with E-state index >= 15 is 0 Å². The Morgan fingerprint density at radius 1 is 1.50 bits per heavy atom. The minimum absolute atomic E-state index is 0.269. The molecule has 1 aliphatic carbocycles. The fourth-order valence-electron chi connectivity index (χ4n) is 1.63. The van der Waals surface area contributed by atoms with Gasteiger partial charge in [-0.15, -0.1) is 6.58 Å². The van der Waals surface area contributed by atoms with Gasteiger partial charge in [0.15, 0.2) is 0 Å². The van der Waals surface area contributed by atoms with E-state index in [-0.39, 0.29) is 5.41 Å². The second-order valence-corrected chi connectivity index (χ2v) is 3.53. The molecule has 0 saturated heterocycles. The fraction of sp³-hybridized carbons (Fsp3) is 0.500. The summed E-state index contributed by atoms with van der Waals surface area (Å²) in [5.74, 6) is 0. The van der Waals surface area contributed by atoms with Crippen LogP contribution in [0.1, 0.15) is 32.6 Å². The average molecular weight is 162 g/mol. The molecule has 0 bridgehead atoms. The van der Waals surface area contributed by atoms with E-state index in [1.807, 2.05) is 0 Å². The molecule has 1 unspecified atom stereocenters. The first kappa shape index (κ1) is 9.31. The highest BCUT2D eigenvalue weighted by atomic mass is 14.3. The Hall–Kier alpha value is -0.780. The third-order valence-electron chi connectivity index (χ3n) is 2.58. The van der Waals surface area contributed by atoms with Crippen LogP contribution >= 0.6 is 0 Å². The summed E-state index contributed by atoms with van der Waals surface area (Å²) in [6, 6.07) is 0. The van der Waals surface area contributed by atoms with Crippen LogP contribution in [0.4, 0.5) is 0 Å². The third kappa shape index (κ3) is 2.10. The van der Waals surface area contributed by atoms with Gasteiger partial charge in [0, 0.05) is 5.41 Å². The summed E-state index contributed by atoms with van der Waals surface area (Å²) in [7, 11) is 0. The lowest BCUT2D eigenvalue weighted by Gasteiger charge is -2.27. The van der Waals surface area contributed by atoms with E-state index in [0.29, 0.717) is 0 Å². The van der Waals surface area contributed by atoms with Gasteiger partial charge >= 0.3 is 0 Å². The average Bonchev–Trinajstić information content (AvgIpc) is 2.16. The summed E-state index contributed by atoms with van der Waals surface area (Å²) in [5, 5.41) is 0. The van der Waals surface area contributed by atoms with Crippen LogP contribution < -0.4 is 0 Å². The Morgan fingerprint density at radius 2 is 2.33 bits per heavy atom. The highest BCUT2D eigenvalue weighted by Crippen LogP contribution is 2.34. The van der Waals surface area contributed by atoms with Gasteiger partial charge in [-0.2, -0.15) is 0 Å². The summed E-state index contributed by atoms with van der Waals surface area (Å²) >= 11 is 0. The lowest BCUT2D eigenvalue weighted by Crippen LogP contribution is -2.14. The first-order chi connectivity index (χ1) is 5.83. The smallest absolute Gasteiger partial charge is 0.00960 e. The van der Waals surface area contributed by atoms with Crippen LogP contribution in [0.25, 0.3) is 0 Å². The standard InChI is InChI=1S/C12H18/c1-3-5-9-12(4-2)10-7-6-8-11-12/h4,6-8,10H,2-3,5,9,11H2,1H3. The summed E-state index contributed by atoms with van der Waals surface area (Å²) in [4.78, 5) is 0. The van der Waals surface area contributed by atoms with Crippen molar-refractivity contribution >= 4 is 0 Å². The van der Waals surface area contributed by atoms with E-state index in [9.17, 15) is 0 Å². The quantitative estimate of drug-likeness (QED) is 0.550. The van der Waals surface area contributed by atoms with E-state index in [4.69, 9.17) is 0 Å². The minimum atomic E-state index is 0.269. The maximum absolute atomic E-state index is 3.92. The molecule has 0 aromatic carbocycles. The summed E-state index contributed by atoms with van der Waals surface area (Å²) < 4.78 is 0. The molecule has 1 aliphatic rings. The van der Waals surface area contributed by atoms with Crippen LogP contribution in [-0.2, 0) is 0 Å². The highest BCUT2D eigenvalue weighted by Gasteiger charge is 2.21. The Kier molecular flexibility index (Phi) is 3.33. The van der Waals surface area contributed by atoms with Crippen LogP contribution in [0.5, 0.6) is 0 Å². The molecular weight excluding hydrogens is 144 g/mol. The van der Waals surface area contributed by atoms with E-state index in [0.717, 1.165) is 6.42 Å². The Balaban J connectivity index is 2.57. The molecule has 0 fully saturated rings. The van der Waals surface area contributed by atoms with Gasteiger partial charge in [-0.05, 0) is 12.8 Å². The molecule has 0 radical (unpaired) electrons. The first-order valence-corrected chi connectivity index (χ1v) is 4.81. The van der Waals surface area contributed by atoms with Crippen molar-refractivity contribution in [3.8, 4) is 0 Å². The van der Waals surface area contributed by atoms with Crippen molar-refractivity contribution < 1.29 is 0 Å². The summed E-state index contributed by atoms with van der Waals surface area (Å²) in [6.07, 6.45) is 15.8. The monoisotopic (exact) mass is 162 g/mol. The van der Waals surface area contributed by atoms with E-state index in [1.165, 1.54) is 19.3 Å². The van der Waals surface area contributed by atoms with Gasteiger partial charge in [0.05, 0.1) is 0 Å². The SMILES string of the molecule is C=CC1(CCCC)C=CC=CC1. The maximum atomic E-state index is 3.92. The minimum Gasteiger partial charge on any atom is -0.102 e. The molecule has 12 heavy (non-hydrogen) atoms. The summed E-state index contributed by atoms with van der Waals surface area (Å²) in [6.45, 7) is 6.16. The van der Waals surface area contributed by atoms with Gasteiger partial charge in [0.25, 0.3) is 0 Å². The van der Waals surface area contributed by atoms with Crippen molar-refractivity contribution in [2.45, 2.75) is 32.6 Å². The molecule has 0 nitrogen and oxygen atoms in total. The van der Waals surface area contributed by atoms with E-state index in [2.05, 4.69) is 43.9 Å². The number of rotatable bonds is 4. The van der Waals surface area contributed by atoms with Crippen LogP contribution in [0.3, 0.4) is 0 Å². The molecule has 0 N–H and O–H groups in total. The lowest BCUT2D eigenvalue weighted by atomic mass is 9.78. The molecule has 0 aromatic rings. The molecule has 0 spiro atoms. The zero-order valence-electron chi connectivity index (χ0n) is 7.92. The zero-order chi connectivity index (χ0) is 8.86. The van der Waals surface area contributed by atoms with Gasteiger partial charge < -0.3 is 0 Å². The molecule has 1 rings (SSSR count). The van der Waals surface area contributed by atoms with Gasteiger partial charge in [-0.3, -0.25) is 0 Å². The zero-order valence-corrected chi connectivity index (χ0v) is 7.92. The predicted octanol–water partition coefficient (Wildman–Crippen LogP) is 3.87. The van der Waals surface area contributed by atoms with Crippen LogP contribution in [-0.4, -0.2) is 0 Å². The van der Waals surface area contributed by atoms with Crippen molar-refractivity contribution in [2.75, 3.05) is 0 Å². The molecule has 0 aromatic heterocycles. The van der Waals surface area contributed by atoms with Crippen LogP contribution in [0.15, 0.2) is 37.0 Å². The van der Waals surface area contributed by atoms with Crippen molar-refractivity contribution in [1.82, 2.24) is 0 Å². The second kappa shape index (κ2) is 4.30. The number of unbranched alkanes of at least 4 members (excludes halogenated alkanes) is 1. The van der Waals surface area contributed by atoms with Crippen molar-refractivity contribution in [1.29, 1.82) is 0 Å².